The molecule has 0 aliphatic heterocycles. The van der Waals surface area contributed by atoms with Crippen molar-refractivity contribution in [2.24, 2.45) is 5.73 Å². The van der Waals surface area contributed by atoms with Gasteiger partial charge in [0.25, 0.3) is 0 Å². The van der Waals surface area contributed by atoms with Crippen LogP contribution in [-0.4, -0.2) is 25.7 Å². The SMILES string of the molecule is NCCOCC(=O)Nc1ccccc1-c1cccs1. The van der Waals surface area contributed by atoms with Crippen LogP contribution in [0.25, 0.3) is 10.4 Å². The molecule has 2 aromatic rings. The number of rotatable bonds is 6. The van der Waals surface area contributed by atoms with Crippen LogP contribution in [0.3, 0.4) is 0 Å². The van der Waals surface area contributed by atoms with Crippen LogP contribution in [0.15, 0.2) is 41.8 Å². The fraction of sp³-hybridized carbons (Fsp3) is 0.214. The molecule has 0 fully saturated rings. The van der Waals surface area contributed by atoms with E-state index in [-0.39, 0.29) is 12.5 Å². The zero-order valence-electron chi connectivity index (χ0n) is 10.5. The van der Waals surface area contributed by atoms with E-state index in [1.54, 1.807) is 11.3 Å². The standard InChI is InChI=1S/C14H16N2O2S/c15-7-8-18-10-14(17)16-12-5-2-1-4-11(12)13-6-3-9-19-13/h1-6,9H,7-8,10,15H2,(H,16,17). The number of thiophene rings is 1. The van der Waals surface area contributed by atoms with Gasteiger partial charge in [0.1, 0.15) is 6.61 Å². The Balaban J connectivity index is 2.06. The van der Waals surface area contributed by atoms with Crippen molar-refractivity contribution < 1.29 is 9.53 Å². The third-order valence-corrected chi connectivity index (χ3v) is 3.39. The van der Waals surface area contributed by atoms with E-state index in [2.05, 4.69) is 5.32 Å². The van der Waals surface area contributed by atoms with E-state index in [4.69, 9.17) is 10.5 Å². The zero-order chi connectivity index (χ0) is 13.5. The molecule has 1 amide bonds. The first-order valence-corrected chi connectivity index (χ1v) is 6.90. The van der Waals surface area contributed by atoms with Crippen LogP contribution in [0.2, 0.25) is 0 Å². The number of carbonyl (C=O) groups excluding carboxylic acids is 1. The lowest BCUT2D eigenvalue weighted by Crippen LogP contribution is -2.21. The summed E-state index contributed by atoms with van der Waals surface area (Å²) in [4.78, 5) is 12.9. The number of nitrogens with two attached hydrogens (primary N) is 1. The van der Waals surface area contributed by atoms with Crippen molar-refractivity contribution in [2.75, 3.05) is 25.1 Å². The second-order valence-corrected chi connectivity index (χ2v) is 4.86. The summed E-state index contributed by atoms with van der Waals surface area (Å²) < 4.78 is 5.11. The van der Waals surface area contributed by atoms with Gasteiger partial charge in [-0.1, -0.05) is 24.3 Å². The molecule has 0 bridgehead atoms. The number of benzene rings is 1. The molecule has 0 aliphatic rings. The van der Waals surface area contributed by atoms with Crippen LogP contribution in [0.5, 0.6) is 0 Å². The van der Waals surface area contributed by atoms with Crippen molar-refractivity contribution in [1.29, 1.82) is 0 Å². The Morgan fingerprint density at radius 1 is 1.26 bits per heavy atom. The number of para-hydroxylation sites is 1. The smallest absolute Gasteiger partial charge is 0.250 e. The average Bonchev–Trinajstić information content (AvgIpc) is 2.93. The lowest BCUT2D eigenvalue weighted by molar-refractivity contribution is -0.120. The van der Waals surface area contributed by atoms with Crippen molar-refractivity contribution in [3.8, 4) is 10.4 Å². The quantitative estimate of drug-likeness (QED) is 0.796. The molecule has 1 aromatic carbocycles. The van der Waals surface area contributed by atoms with Gasteiger partial charge in [0.05, 0.1) is 6.61 Å². The minimum atomic E-state index is -0.169. The van der Waals surface area contributed by atoms with Gasteiger partial charge in [-0.25, -0.2) is 0 Å². The zero-order valence-corrected chi connectivity index (χ0v) is 11.3. The minimum Gasteiger partial charge on any atom is -0.370 e. The average molecular weight is 276 g/mol. The maximum absolute atomic E-state index is 11.7. The number of amides is 1. The van der Waals surface area contributed by atoms with E-state index in [1.165, 1.54) is 0 Å². The fourth-order valence-corrected chi connectivity index (χ4v) is 2.44. The summed E-state index contributed by atoms with van der Waals surface area (Å²) in [5, 5.41) is 4.87. The predicted octanol–water partition coefficient (Wildman–Crippen LogP) is 2.33. The van der Waals surface area contributed by atoms with Crippen LogP contribution >= 0.6 is 11.3 Å². The highest BCUT2D eigenvalue weighted by atomic mass is 32.1. The number of ether oxygens (including phenoxy) is 1. The molecule has 0 radical (unpaired) electrons. The lowest BCUT2D eigenvalue weighted by Gasteiger charge is -2.10. The number of nitrogens with one attached hydrogen (secondary N) is 1. The highest BCUT2D eigenvalue weighted by molar-refractivity contribution is 7.13. The lowest BCUT2D eigenvalue weighted by atomic mass is 10.1. The molecular weight excluding hydrogens is 260 g/mol. The molecule has 2 rings (SSSR count). The summed E-state index contributed by atoms with van der Waals surface area (Å²) >= 11 is 1.64. The molecule has 4 nitrogen and oxygen atoms in total. The first-order valence-electron chi connectivity index (χ1n) is 6.02. The third-order valence-electron chi connectivity index (χ3n) is 2.48. The van der Waals surface area contributed by atoms with Gasteiger partial charge in [-0.05, 0) is 17.5 Å². The molecule has 0 aliphatic carbocycles. The van der Waals surface area contributed by atoms with Gasteiger partial charge in [0.15, 0.2) is 0 Å². The van der Waals surface area contributed by atoms with Crippen LogP contribution in [0.1, 0.15) is 0 Å². The largest absolute Gasteiger partial charge is 0.370 e. The molecule has 1 heterocycles. The van der Waals surface area contributed by atoms with Crippen molar-refractivity contribution in [3.05, 3.63) is 41.8 Å². The number of hydrogen-bond acceptors (Lipinski definition) is 4. The second-order valence-electron chi connectivity index (χ2n) is 3.91. The normalized spacial score (nSPS) is 10.4. The van der Waals surface area contributed by atoms with Gasteiger partial charge in [-0.2, -0.15) is 0 Å². The third kappa shape index (κ3) is 3.89. The van der Waals surface area contributed by atoms with Crippen molar-refractivity contribution in [1.82, 2.24) is 0 Å². The van der Waals surface area contributed by atoms with E-state index >= 15 is 0 Å². The summed E-state index contributed by atoms with van der Waals surface area (Å²) in [6, 6.07) is 11.7. The molecule has 5 heteroatoms. The molecular formula is C14H16N2O2S. The van der Waals surface area contributed by atoms with Gasteiger partial charge < -0.3 is 15.8 Å². The number of hydrogen-bond donors (Lipinski definition) is 2. The molecule has 0 atom stereocenters. The van der Waals surface area contributed by atoms with Crippen LogP contribution in [0, 0.1) is 0 Å². The topological polar surface area (TPSA) is 64.3 Å². The van der Waals surface area contributed by atoms with Gasteiger partial charge in [0, 0.05) is 22.7 Å². The summed E-state index contributed by atoms with van der Waals surface area (Å²) in [5.74, 6) is -0.169. The van der Waals surface area contributed by atoms with E-state index in [0.717, 1.165) is 16.1 Å². The predicted molar refractivity (Wildman–Crippen MR) is 78.3 cm³/mol. The van der Waals surface area contributed by atoms with Gasteiger partial charge in [-0.15, -0.1) is 11.3 Å². The molecule has 0 saturated heterocycles. The summed E-state index contributed by atoms with van der Waals surface area (Å²) in [7, 11) is 0. The Kier molecular flexibility index (Phi) is 5.09. The molecule has 1 aromatic heterocycles. The molecule has 0 spiro atoms. The van der Waals surface area contributed by atoms with Crippen LogP contribution < -0.4 is 11.1 Å². The highest BCUT2D eigenvalue weighted by Crippen LogP contribution is 2.31. The number of carbonyl (C=O) groups is 1. The van der Waals surface area contributed by atoms with Crippen molar-refractivity contribution in [2.45, 2.75) is 0 Å². The molecule has 100 valence electrons. The first kappa shape index (κ1) is 13.7. The Morgan fingerprint density at radius 3 is 2.84 bits per heavy atom. The summed E-state index contributed by atoms with van der Waals surface area (Å²) in [6.45, 7) is 0.828. The maximum Gasteiger partial charge on any atom is 0.250 e. The number of anilines is 1. The van der Waals surface area contributed by atoms with Gasteiger partial charge >= 0.3 is 0 Å². The Bertz CT molecular complexity index is 526. The Hall–Kier alpha value is -1.69. The van der Waals surface area contributed by atoms with E-state index in [1.807, 2.05) is 41.8 Å². The minimum absolute atomic E-state index is 0.0238. The first-order chi connectivity index (χ1) is 9.31. The van der Waals surface area contributed by atoms with Crippen molar-refractivity contribution in [3.63, 3.8) is 0 Å². The van der Waals surface area contributed by atoms with Gasteiger partial charge in [0.2, 0.25) is 5.91 Å². The summed E-state index contributed by atoms with van der Waals surface area (Å²) in [5.41, 5.74) is 7.12. The van der Waals surface area contributed by atoms with Crippen LogP contribution in [0.4, 0.5) is 5.69 Å². The maximum atomic E-state index is 11.7. The van der Waals surface area contributed by atoms with Crippen LogP contribution in [-0.2, 0) is 9.53 Å². The fourth-order valence-electron chi connectivity index (χ4n) is 1.67. The van der Waals surface area contributed by atoms with E-state index in [9.17, 15) is 4.79 Å². The monoisotopic (exact) mass is 276 g/mol. The molecule has 0 saturated carbocycles. The molecule has 19 heavy (non-hydrogen) atoms. The van der Waals surface area contributed by atoms with E-state index in [0.29, 0.717) is 13.2 Å². The van der Waals surface area contributed by atoms with Gasteiger partial charge in [-0.3, -0.25) is 4.79 Å². The second kappa shape index (κ2) is 7.04. The molecule has 0 unspecified atom stereocenters. The van der Waals surface area contributed by atoms with E-state index < -0.39 is 0 Å². The summed E-state index contributed by atoms with van der Waals surface area (Å²) in [6.07, 6.45) is 0. The Labute approximate surface area is 116 Å². The van der Waals surface area contributed by atoms with Crippen molar-refractivity contribution >= 4 is 22.9 Å². The molecule has 3 N–H and O–H groups in total. The highest BCUT2D eigenvalue weighted by Gasteiger charge is 2.08. The Morgan fingerprint density at radius 2 is 2.11 bits per heavy atom.